The fraction of sp³-hybridized carbons (Fsp3) is 0.350. The van der Waals surface area contributed by atoms with Gasteiger partial charge in [-0.25, -0.2) is 4.99 Å². The second-order valence-electron chi connectivity index (χ2n) is 7.39. The number of benzene rings is 1. The molecule has 2 aliphatic rings. The number of hydrogen-bond donors (Lipinski definition) is 2. The van der Waals surface area contributed by atoms with Crippen molar-refractivity contribution >= 4 is 39.8 Å². The van der Waals surface area contributed by atoms with E-state index in [2.05, 4.69) is 4.99 Å². The first-order valence-electron chi connectivity index (χ1n) is 9.20. The zero-order chi connectivity index (χ0) is 20.1. The summed E-state index contributed by atoms with van der Waals surface area (Å²) in [6.45, 7) is 2.65. The van der Waals surface area contributed by atoms with Crippen LogP contribution in [-0.4, -0.2) is 36.3 Å². The number of likely N-dealkylation sites (N-methyl/N-ethyl adjacent to an activating group) is 1. The zero-order valence-electron chi connectivity index (χ0n) is 15.9. The molecule has 0 spiro atoms. The molecule has 8 heteroatoms. The molecule has 0 saturated carbocycles. The van der Waals surface area contributed by atoms with Gasteiger partial charge in [0.2, 0.25) is 11.8 Å². The number of nitrogen functional groups attached to an aromatic ring is 1. The summed E-state index contributed by atoms with van der Waals surface area (Å²) in [5.41, 5.74) is 12.8. The Morgan fingerprint density at radius 2 is 1.86 bits per heavy atom. The molecule has 4 rings (SSSR count). The SMILES string of the molecule is CN1C(=O)C(c2ccc(N3CCCC3=O)cc2)[C@@](C)(c2ccc(N)s2)N=C1N. The Morgan fingerprint density at radius 1 is 1.14 bits per heavy atom. The lowest BCUT2D eigenvalue weighted by Crippen LogP contribution is -2.52. The minimum Gasteiger partial charge on any atom is -0.391 e. The molecule has 3 heterocycles. The third-order valence-corrected chi connectivity index (χ3v) is 6.71. The second kappa shape index (κ2) is 6.63. The molecule has 1 aromatic heterocycles. The highest BCUT2D eigenvalue weighted by molar-refractivity contribution is 7.16. The van der Waals surface area contributed by atoms with Crippen molar-refractivity contribution in [3.8, 4) is 0 Å². The summed E-state index contributed by atoms with van der Waals surface area (Å²) in [6, 6.07) is 11.3. The normalized spacial score (nSPS) is 25.4. The molecule has 1 unspecified atom stereocenters. The van der Waals surface area contributed by atoms with E-state index in [1.807, 2.05) is 43.3 Å². The third-order valence-electron chi connectivity index (χ3n) is 5.57. The fourth-order valence-corrected chi connectivity index (χ4v) is 4.88. The number of nitrogens with two attached hydrogens (primary N) is 2. The smallest absolute Gasteiger partial charge is 0.239 e. The molecule has 0 bridgehead atoms. The monoisotopic (exact) mass is 397 g/mol. The van der Waals surface area contributed by atoms with Gasteiger partial charge in [0, 0.05) is 30.6 Å². The van der Waals surface area contributed by atoms with Crippen LogP contribution in [0.3, 0.4) is 0 Å². The van der Waals surface area contributed by atoms with Crippen molar-refractivity contribution in [2.75, 3.05) is 24.2 Å². The van der Waals surface area contributed by atoms with Gasteiger partial charge in [-0.05, 0) is 43.2 Å². The lowest BCUT2D eigenvalue weighted by Gasteiger charge is -2.40. The van der Waals surface area contributed by atoms with Crippen LogP contribution in [0.2, 0.25) is 0 Å². The van der Waals surface area contributed by atoms with E-state index in [0.717, 1.165) is 29.1 Å². The molecule has 2 amide bonds. The van der Waals surface area contributed by atoms with Crippen LogP contribution < -0.4 is 16.4 Å². The Morgan fingerprint density at radius 3 is 2.43 bits per heavy atom. The zero-order valence-corrected chi connectivity index (χ0v) is 16.7. The van der Waals surface area contributed by atoms with E-state index in [1.54, 1.807) is 11.9 Å². The maximum atomic E-state index is 13.2. The highest BCUT2D eigenvalue weighted by atomic mass is 32.1. The summed E-state index contributed by atoms with van der Waals surface area (Å²) in [5.74, 6) is -0.328. The Kier molecular flexibility index (Phi) is 4.38. The average molecular weight is 398 g/mol. The van der Waals surface area contributed by atoms with E-state index in [1.165, 1.54) is 16.2 Å². The number of anilines is 2. The fourth-order valence-electron chi connectivity index (χ4n) is 3.98. The van der Waals surface area contributed by atoms with Crippen LogP contribution in [-0.2, 0) is 15.1 Å². The maximum Gasteiger partial charge on any atom is 0.239 e. The van der Waals surface area contributed by atoms with Crippen molar-refractivity contribution in [3.05, 3.63) is 46.8 Å². The first-order chi connectivity index (χ1) is 13.3. The highest BCUT2D eigenvalue weighted by Crippen LogP contribution is 2.46. The van der Waals surface area contributed by atoms with E-state index in [-0.39, 0.29) is 17.8 Å². The highest BCUT2D eigenvalue weighted by Gasteiger charge is 2.48. The second-order valence-corrected chi connectivity index (χ2v) is 8.51. The summed E-state index contributed by atoms with van der Waals surface area (Å²) in [7, 11) is 1.63. The predicted molar refractivity (Wildman–Crippen MR) is 111 cm³/mol. The summed E-state index contributed by atoms with van der Waals surface area (Å²) in [5, 5.41) is 0.665. The largest absolute Gasteiger partial charge is 0.391 e. The topological polar surface area (TPSA) is 105 Å². The molecule has 0 aliphatic carbocycles. The van der Waals surface area contributed by atoms with Gasteiger partial charge in [-0.1, -0.05) is 12.1 Å². The molecule has 2 aliphatic heterocycles. The number of carbonyl (C=O) groups is 2. The Balaban J connectivity index is 1.77. The van der Waals surface area contributed by atoms with E-state index in [9.17, 15) is 9.59 Å². The van der Waals surface area contributed by atoms with E-state index in [4.69, 9.17) is 11.5 Å². The van der Waals surface area contributed by atoms with Gasteiger partial charge in [-0.3, -0.25) is 14.5 Å². The van der Waals surface area contributed by atoms with Crippen molar-refractivity contribution in [3.63, 3.8) is 0 Å². The van der Waals surface area contributed by atoms with Gasteiger partial charge >= 0.3 is 0 Å². The molecule has 2 atom stereocenters. The minimum absolute atomic E-state index is 0.119. The molecule has 1 aromatic carbocycles. The van der Waals surface area contributed by atoms with Crippen molar-refractivity contribution in [1.82, 2.24) is 4.90 Å². The standard InChI is InChI=1S/C20H23N5O2S/c1-20(14-9-10-15(21)28-14)17(18(27)24(2)19(22)23-20)12-5-7-13(8-6-12)25-11-3-4-16(25)26/h5-10,17H,3-4,11,21H2,1-2H3,(H2,22,23)/t17?,20-/m1/s1. The molecule has 146 valence electrons. The first kappa shape index (κ1) is 18.5. The molecule has 1 fully saturated rings. The minimum atomic E-state index is -0.846. The lowest BCUT2D eigenvalue weighted by molar-refractivity contribution is -0.130. The molecule has 28 heavy (non-hydrogen) atoms. The van der Waals surface area contributed by atoms with Crippen LogP contribution in [0.5, 0.6) is 0 Å². The first-order valence-corrected chi connectivity index (χ1v) is 10.0. The van der Waals surface area contributed by atoms with Crippen LogP contribution in [0, 0.1) is 0 Å². The molecule has 1 saturated heterocycles. The third kappa shape index (κ3) is 2.84. The van der Waals surface area contributed by atoms with Crippen LogP contribution >= 0.6 is 11.3 Å². The average Bonchev–Trinajstić information content (AvgIpc) is 3.29. The van der Waals surface area contributed by atoms with Gasteiger partial charge in [0.1, 0.15) is 5.54 Å². The van der Waals surface area contributed by atoms with Gasteiger partial charge in [0.05, 0.1) is 10.9 Å². The quantitative estimate of drug-likeness (QED) is 0.828. The molecular formula is C20H23N5O2S. The molecular weight excluding hydrogens is 374 g/mol. The van der Waals surface area contributed by atoms with E-state index < -0.39 is 11.5 Å². The van der Waals surface area contributed by atoms with Crippen molar-refractivity contribution in [2.24, 2.45) is 10.7 Å². The number of carbonyl (C=O) groups excluding carboxylic acids is 2. The number of nitrogens with zero attached hydrogens (tertiary/aromatic N) is 3. The molecule has 4 N–H and O–H groups in total. The predicted octanol–water partition coefficient (Wildman–Crippen LogP) is 2.24. The maximum absolute atomic E-state index is 13.2. The van der Waals surface area contributed by atoms with Crippen LogP contribution in [0.15, 0.2) is 41.4 Å². The number of thiophene rings is 1. The number of amides is 2. The molecule has 7 nitrogen and oxygen atoms in total. The van der Waals surface area contributed by atoms with Crippen molar-refractivity contribution in [1.29, 1.82) is 0 Å². The number of rotatable bonds is 3. The Bertz CT molecular complexity index is 967. The van der Waals surface area contributed by atoms with Gasteiger partial charge < -0.3 is 16.4 Å². The van der Waals surface area contributed by atoms with E-state index in [0.29, 0.717) is 11.4 Å². The summed E-state index contributed by atoms with van der Waals surface area (Å²) < 4.78 is 0. The Hall–Kier alpha value is -2.87. The summed E-state index contributed by atoms with van der Waals surface area (Å²) in [6.07, 6.45) is 1.46. The van der Waals surface area contributed by atoms with E-state index >= 15 is 0 Å². The summed E-state index contributed by atoms with van der Waals surface area (Å²) >= 11 is 1.41. The summed E-state index contributed by atoms with van der Waals surface area (Å²) in [4.78, 5) is 34.0. The van der Waals surface area contributed by atoms with Gasteiger partial charge in [0.25, 0.3) is 0 Å². The molecule has 0 radical (unpaired) electrons. The van der Waals surface area contributed by atoms with Gasteiger partial charge in [0.15, 0.2) is 5.96 Å². The number of hydrogen-bond acceptors (Lipinski definition) is 6. The number of aliphatic imine (C=N–C) groups is 1. The van der Waals surface area contributed by atoms with Crippen LogP contribution in [0.4, 0.5) is 10.7 Å². The van der Waals surface area contributed by atoms with Crippen molar-refractivity contribution in [2.45, 2.75) is 31.2 Å². The van der Waals surface area contributed by atoms with Crippen molar-refractivity contribution < 1.29 is 9.59 Å². The van der Waals surface area contributed by atoms with Crippen LogP contribution in [0.1, 0.15) is 36.1 Å². The van der Waals surface area contributed by atoms with Crippen LogP contribution in [0.25, 0.3) is 0 Å². The van der Waals surface area contributed by atoms with Gasteiger partial charge in [-0.15, -0.1) is 11.3 Å². The number of guanidine groups is 1. The lowest BCUT2D eigenvalue weighted by atomic mass is 9.77. The molecule has 2 aromatic rings. The van der Waals surface area contributed by atoms with Gasteiger partial charge in [-0.2, -0.15) is 0 Å². The Labute approximate surface area is 167 Å².